The minimum Gasteiger partial charge on any atom is -0.324 e. The average Bonchev–Trinajstić information content (AvgIpc) is 3.17. The van der Waals surface area contributed by atoms with Crippen LogP contribution in [0.2, 0.25) is 0 Å². The van der Waals surface area contributed by atoms with Crippen molar-refractivity contribution in [1.29, 1.82) is 0 Å². The van der Waals surface area contributed by atoms with E-state index in [-0.39, 0.29) is 12.5 Å². The number of amides is 4. The van der Waals surface area contributed by atoms with E-state index in [2.05, 4.69) is 5.32 Å². The Labute approximate surface area is 155 Å². The molecule has 0 aliphatic carbocycles. The van der Waals surface area contributed by atoms with Crippen molar-refractivity contribution in [2.75, 3.05) is 23.3 Å². The molecule has 0 radical (unpaired) electrons. The summed E-state index contributed by atoms with van der Waals surface area (Å²) >= 11 is 0. The third kappa shape index (κ3) is 2.87. The smallest absolute Gasteiger partial charge is 0.262 e. The minimum atomic E-state index is -0.475. The van der Waals surface area contributed by atoms with Gasteiger partial charge in [-0.05, 0) is 36.2 Å². The van der Waals surface area contributed by atoms with Gasteiger partial charge >= 0.3 is 0 Å². The molecule has 0 spiro atoms. The molecule has 2 aliphatic rings. The van der Waals surface area contributed by atoms with Crippen molar-refractivity contribution in [2.45, 2.75) is 13.3 Å². The van der Waals surface area contributed by atoms with E-state index in [0.717, 1.165) is 22.6 Å². The molecule has 2 aliphatic heterocycles. The minimum absolute atomic E-state index is 0.0525. The Balaban J connectivity index is 1.48. The fourth-order valence-electron chi connectivity index (χ4n) is 3.51. The number of hydrogen-bond donors (Lipinski definition) is 1. The lowest BCUT2D eigenvalue weighted by Gasteiger charge is -2.17. The summed E-state index contributed by atoms with van der Waals surface area (Å²) in [6.07, 6.45) is 0.776. The summed E-state index contributed by atoms with van der Waals surface area (Å²) in [5.41, 5.74) is 2.96. The number of benzene rings is 2. The predicted octanol–water partition coefficient (Wildman–Crippen LogP) is 1.83. The molecule has 2 heterocycles. The van der Waals surface area contributed by atoms with Crippen molar-refractivity contribution in [3.8, 4) is 0 Å². The molecule has 27 heavy (non-hydrogen) atoms. The molecular weight excluding hydrogens is 346 g/mol. The highest BCUT2D eigenvalue weighted by Crippen LogP contribution is 2.31. The standard InChI is InChI=1S/C20H17N3O4/c1-12(24)22-9-8-13-6-7-14(10-17(13)22)21-18(25)11-23-19(26)15-4-2-3-5-16(15)20(23)27/h2-7,10H,8-9,11H2,1H3,(H,21,25). The maximum absolute atomic E-state index is 12.4. The van der Waals surface area contributed by atoms with Gasteiger partial charge < -0.3 is 10.2 Å². The lowest BCUT2D eigenvalue weighted by molar-refractivity contribution is -0.117. The summed E-state index contributed by atoms with van der Waals surface area (Å²) in [6.45, 7) is 1.76. The number of nitrogens with one attached hydrogen (secondary N) is 1. The van der Waals surface area contributed by atoms with Gasteiger partial charge in [0, 0.05) is 24.8 Å². The molecule has 2 aromatic carbocycles. The summed E-state index contributed by atoms with van der Waals surface area (Å²) in [4.78, 5) is 51.4. The molecule has 0 saturated heterocycles. The van der Waals surface area contributed by atoms with Crippen LogP contribution in [0.4, 0.5) is 11.4 Å². The van der Waals surface area contributed by atoms with Crippen LogP contribution in [0.1, 0.15) is 33.2 Å². The van der Waals surface area contributed by atoms with Crippen LogP contribution >= 0.6 is 0 Å². The quantitative estimate of drug-likeness (QED) is 0.843. The zero-order valence-electron chi connectivity index (χ0n) is 14.7. The number of carbonyl (C=O) groups is 4. The second-order valence-electron chi connectivity index (χ2n) is 6.55. The van der Waals surface area contributed by atoms with E-state index in [9.17, 15) is 19.2 Å². The first-order chi connectivity index (χ1) is 13.0. The van der Waals surface area contributed by atoms with E-state index >= 15 is 0 Å². The second kappa shape index (κ2) is 6.35. The largest absolute Gasteiger partial charge is 0.324 e. The van der Waals surface area contributed by atoms with E-state index in [4.69, 9.17) is 0 Å². The summed E-state index contributed by atoms with van der Waals surface area (Å²) in [6, 6.07) is 11.9. The molecule has 4 amide bonds. The number of nitrogens with zero attached hydrogens (tertiary/aromatic N) is 2. The van der Waals surface area contributed by atoms with Crippen molar-refractivity contribution >= 4 is 35.0 Å². The highest BCUT2D eigenvalue weighted by Gasteiger charge is 2.36. The number of carbonyl (C=O) groups excluding carboxylic acids is 4. The third-order valence-corrected chi connectivity index (χ3v) is 4.82. The molecule has 136 valence electrons. The third-order valence-electron chi connectivity index (χ3n) is 4.82. The van der Waals surface area contributed by atoms with Crippen molar-refractivity contribution in [1.82, 2.24) is 4.90 Å². The van der Waals surface area contributed by atoms with Gasteiger partial charge in [-0.2, -0.15) is 0 Å². The van der Waals surface area contributed by atoms with E-state index in [1.807, 2.05) is 6.07 Å². The predicted molar refractivity (Wildman–Crippen MR) is 98.6 cm³/mol. The van der Waals surface area contributed by atoms with Gasteiger partial charge in [-0.3, -0.25) is 24.1 Å². The van der Waals surface area contributed by atoms with Crippen LogP contribution < -0.4 is 10.2 Å². The molecular formula is C20H17N3O4. The summed E-state index contributed by atoms with van der Waals surface area (Å²) in [7, 11) is 0. The van der Waals surface area contributed by atoms with Crippen molar-refractivity contribution in [3.05, 3.63) is 59.2 Å². The van der Waals surface area contributed by atoms with E-state index < -0.39 is 17.7 Å². The molecule has 0 fully saturated rings. The first-order valence-corrected chi connectivity index (χ1v) is 8.62. The summed E-state index contributed by atoms with van der Waals surface area (Å²) in [5.74, 6) is -1.47. The van der Waals surface area contributed by atoms with Crippen molar-refractivity contribution in [2.24, 2.45) is 0 Å². The molecule has 0 bridgehead atoms. The Bertz CT molecular complexity index is 963. The average molecular weight is 363 g/mol. The molecule has 0 saturated carbocycles. The fourth-order valence-corrected chi connectivity index (χ4v) is 3.51. The Morgan fingerprint density at radius 1 is 1.04 bits per heavy atom. The molecule has 4 rings (SSSR count). The van der Waals surface area contributed by atoms with Gasteiger partial charge in [0.15, 0.2) is 0 Å². The molecule has 0 atom stereocenters. The first kappa shape index (κ1) is 17.0. The maximum Gasteiger partial charge on any atom is 0.262 e. The molecule has 1 N–H and O–H groups in total. The Hall–Kier alpha value is -3.48. The summed E-state index contributed by atoms with van der Waals surface area (Å²) in [5, 5.41) is 2.70. The normalized spacial score (nSPS) is 15.0. The monoisotopic (exact) mass is 363 g/mol. The first-order valence-electron chi connectivity index (χ1n) is 8.62. The topological polar surface area (TPSA) is 86.8 Å². The van der Waals surface area contributed by atoms with Crippen LogP contribution in [-0.2, 0) is 16.0 Å². The van der Waals surface area contributed by atoms with Crippen molar-refractivity contribution < 1.29 is 19.2 Å². The highest BCUT2D eigenvalue weighted by atomic mass is 16.2. The van der Waals surface area contributed by atoms with Gasteiger partial charge in [0.2, 0.25) is 11.8 Å². The SMILES string of the molecule is CC(=O)N1CCc2ccc(NC(=O)CN3C(=O)c4ccccc4C3=O)cc21. The lowest BCUT2D eigenvalue weighted by Crippen LogP contribution is -2.37. The number of rotatable bonds is 3. The zero-order valence-corrected chi connectivity index (χ0v) is 14.7. The van der Waals surface area contributed by atoms with Crippen LogP contribution in [0.5, 0.6) is 0 Å². The number of anilines is 2. The summed E-state index contributed by atoms with van der Waals surface area (Å²) < 4.78 is 0. The van der Waals surface area contributed by atoms with Gasteiger partial charge in [0.1, 0.15) is 6.54 Å². The van der Waals surface area contributed by atoms with Crippen LogP contribution in [-0.4, -0.2) is 41.6 Å². The number of imide groups is 1. The fraction of sp³-hybridized carbons (Fsp3) is 0.200. The van der Waals surface area contributed by atoms with E-state index in [1.165, 1.54) is 6.92 Å². The highest BCUT2D eigenvalue weighted by molar-refractivity contribution is 6.22. The van der Waals surface area contributed by atoms with Gasteiger partial charge in [-0.25, -0.2) is 0 Å². The number of hydrogen-bond acceptors (Lipinski definition) is 4. The van der Waals surface area contributed by atoms with Crippen LogP contribution in [0.3, 0.4) is 0 Å². The maximum atomic E-state index is 12.4. The second-order valence-corrected chi connectivity index (χ2v) is 6.55. The van der Waals surface area contributed by atoms with E-state index in [1.54, 1.807) is 41.3 Å². The van der Waals surface area contributed by atoms with Crippen LogP contribution in [0, 0.1) is 0 Å². The molecule has 7 nitrogen and oxygen atoms in total. The van der Waals surface area contributed by atoms with Crippen molar-refractivity contribution in [3.63, 3.8) is 0 Å². The molecule has 2 aromatic rings. The lowest BCUT2D eigenvalue weighted by atomic mass is 10.1. The Morgan fingerprint density at radius 3 is 2.33 bits per heavy atom. The Morgan fingerprint density at radius 2 is 1.70 bits per heavy atom. The molecule has 0 aromatic heterocycles. The number of fused-ring (bicyclic) bond motifs is 2. The van der Waals surface area contributed by atoms with Gasteiger partial charge in [0.25, 0.3) is 11.8 Å². The van der Waals surface area contributed by atoms with Crippen LogP contribution in [0.15, 0.2) is 42.5 Å². The molecule has 0 unspecified atom stereocenters. The van der Waals surface area contributed by atoms with E-state index in [0.29, 0.717) is 23.4 Å². The van der Waals surface area contributed by atoms with Gasteiger partial charge in [-0.15, -0.1) is 0 Å². The van der Waals surface area contributed by atoms with Crippen LogP contribution in [0.25, 0.3) is 0 Å². The zero-order chi connectivity index (χ0) is 19.1. The van der Waals surface area contributed by atoms with Gasteiger partial charge in [0.05, 0.1) is 11.1 Å². The molecule has 7 heteroatoms. The van der Waals surface area contributed by atoms with Gasteiger partial charge in [-0.1, -0.05) is 18.2 Å². The Kier molecular flexibility index (Phi) is 3.99.